The number of hydrogen-bond acceptors (Lipinski definition) is 5. The van der Waals surface area contributed by atoms with Gasteiger partial charge < -0.3 is 9.94 Å². The first-order valence-corrected chi connectivity index (χ1v) is 3.88. The minimum absolute atomic E-state index is 0.174. The second-order valence-electron chi connectivity index (χ2n) is 1.76. The maximum Gasteiger partial charge on any atom is 0.361 e. The van der Waals surface area contributed by atoms with E-state index in [1.165, 1.54) is 24.6 Å². The highest BCUT2D eigenvalue weighted by Crippen LogP contribution is 2.06. The Morgan fingerprint density at radius 1 is 1.83 bits per heavy atom. The summed E-state index contributed by atoms with van der Waals surface area (Å²) in [4.78, 5) is 18.7. The fourth-order valence-corrected chi connectivity index (χ4v) is 1.21. The largest absolute Gasteiger partial charge is 0.476 e. The van der Waals surface area contributed by atoms with Crippen LogP contribution in [0.25, 0.3) is 0 Å². The second kappa shape index (κ2) is 3.82. The third-order valence-electron chi connectivity index (χ3n) is 1.02. The zero-order valence-electron chi connectivity index (χ0n) is 6.22. The van der Waals surface area contributed by atoms with Gasteiger partial charge in [-0.25, -0.2) is 9.78 Å². The van der Waals surface area contributed by atoms with Crippen LogP contribution in [0.3, 0.4) is 0 Å². The van der Waals surface area contributed by atoms with Crippen LogP contribution in [-0.2, 0) is 9.63 Å². The quantitative estimate of drug-likeness (QED) is 0.553. The van der Waals surface area contributed by atoms with Crippen LogP contribution in [0.2, 0.25) is 0 Å². The highest BCUT2D eigenvalue weighted by Gasteiger charge is 2.15. The molecule has 1 N–H and O–H groups in total. The summed E-state index contributed by atoms with van der Waals surface area (Å²) in [5, 5.41) is 14.0. The number of carboxylic acids is 1. The maximum absolute atomic E-state index is 10.5. The van der Waals surface area contributed by atoms with Crippen LogP contribution in [0, 0.1) is 0 Å². The molecule has 0 fully saturated rings. The standard InChI is InChI=1S/C6H6N2O3S/c1-11-8-4(6(9)10)5-7-2-3-12-5/h2-3H,1H3,(H,9,10). The van der Waals surface area contributed by atoms with Crippen LogP contribution in [0.5, 0.6) is 0 Å². The van der Waals surface area contributed by atoms with E-state index in [0.717, 1.165) is 0 Å². The Morgan fingerprint density at radius 2 is 2.58 bits per heavy atom. The number of aliphatic carboxylic acids is 1. The van der Waals surface area contributed by atoms with Crippen molar-refractivity contribution in [2.75, 3.05) is 7.11 Å². The molecule has 0 saturated heterocycles. The van der Waals surface area contributed by atoms with E-state index >= 15 is 0 Å². The van der Waals surface area contributed by atoms with Crippen molar-refractivity contribution in [3.63, 3.8) is 0 Å². The number of carboxylic acid groups (broad SMARTS) is 1. The van der Waals surface area contributed by atoms with E-state index in [4.69, 9.17) is 5.11 Å². The third-order valence-corrected chi connectivity index (χ3v) is 1.80. The molecular weight excluding hydrogens is 180 g/mol. The summed E-state index contributed by atoms with van der Waals surface area (Å²) in [7, 11) is 1.29. The Bertz CT molecular complexity index is 294. The van der Waals surface area contributed by atoms with Crippen molar-refractivity contribution in [1.29, 1.82) is 0 Å². The summed E-state index contributed by atoms with van der Waals surface area (Å²) < 4.78 is 0. The van der Waals surface area contributed by atoms with Gasteiger partial charge in [0.25, 0.3) is 0 Å². The van der Waals surface area contributed by atoms with Gasteiger partial charge in [0.15, 0.2) is 5.01 Å². The molecule has 12 heavy (non-hydrogen) atoms. The Kier molecular flexibility index (Phi) is 2.76. The smallest absolute Gasteiger partial charge is 0.361 e. The van der Waals surface area contributed by atoms with Gasteiger partial charge in [-0.15, -0.1) is 11.3 Å². The average Bonchev–Trinajstić information content (AvgIpc) is 2.51. The van der Waals surface area contributed by atoms with E-state index in [2.05, 4.69) is 15.0 Å². The van der Waals surface area contributed by atoms with Crippen LogP contribution >= 0.6 is 11.3 Å². The normalized spacial score (nSPS) is 11.2. The number of nitrogens with zero attached hydrogens (tertiary/aromatic N) is 2. The van der Waals surface area contributed by atoms with Gasteiger partial charge in [0.1, 0.15) is 7.11 Å². The van der Waals surface area contributed by atoms with E-state index in [1.54, 1.807) is 5.38 Å². The summed E-state index contributed by atoms with van der Waals surface area (Å²) in [6.45, 7) is 0. The number of rotatable bonds is 3. The number of thiazole rings is 1. The molecule has 0 bridgehead atoms. The lowest BCUT2D eigenvalue weighted by Gasteiger charge is -1.93. The van der Waals surface area contributed by atoms with Gasteiger partial charge in [0, 0.05) is 11.6 Å². The summed E-state index contributed by atoms with van der Waals surface area (Å²) in [6, 6.07) is 0. The van der Waals surface area contributed by atoms with Gasteiger partial charge >= 0.3 is 5.97 Å². The molecule has 64 valence electrons. The molecule has 0 aromatic carbocycles. The highest BCUT2D eigenvalue weighted by molar-refractivity contribution is 7.12. The molecule has 6 heteroatoms. The molecule has 0 aliphatic heterocycles. The molecule has 0 aliphatic rings. The Morgan fingerprint density at radius 3 is 3.00 bits per heavy atom. The van der Waals surface area contributed by atoms with Crippen molar-refractivity contribution in [2.24, 2.45) is 5.16 Å². The van der Waals surface area contributed by atoms with Crippen LogP contribution in [-0.4, -0.2) is 28.9 Å². The van der Waals surface area contributed by atoms with Crippen LogP contribution in [0.15, 0.2) is 16.7 Å². The summed E-state index contributed by atoms with van der Waals surface area (Å²) in [6.07, 6.45) is 1.51. The molecule has 1 aromatic rings. The molecule has 0 unspecified atom stereocenters. The maximum atomic E-state index is 10.5. The fourth-order valence-electron chi connectivity index (χ4n) is 0.601. The fraction of sp³-hybridized carbons (Fsp3) is 0.167. The van der Waals surface area contributed by atoms with Gasteiger partial charge in [0.05, 0.1) is 0 Å². The number of carbonyl (C=O) groups is 1. The van der Waals surface area contributed by atoms with E-state index in [9.17, 15) is 4.79 Å². The minimum atomic E-state index is -1.15. The topological polar surface area (TPSA) is 71.8 Å². The first-order valence-electron chi connectivity index (χ1n) is 3.00. The lowest BCUT2D eigenvalue weighted by Crippen LogP contribution is -2.14. The molecule has 5 nitrogen and oxygen atoms in total. The minimum Gasteiger partial charge on any atom is -0.476 e. The van der Waals surface area contributed by atoms with E-state index in [1.807, 2.05) is 0 Å². The molecule has 0 atom stereocenters. The third kappa shape index (κ3) is 1.79. The van der Waals surface area contributed by atoms with Crippen LogP contribution < -0.4 is 0 Å². The van der Waals surface area contributed by atoms with Crippen molar-refractivity contribution in [1.82, 2.24) is 4.98 Å². The van der Waals surface area contributed by atoms with Gasteiger partial charge in [-0.1, -0.05) is 5.16 Å². The summed E-state index contributed by atoms with van der Waals surface area (Å²) in [5.74, 6) is -1.15. The Hall–Kier alpha value is -1.43. The van der Waals surface area contributed by atoms with Crippen LogP contribution in [0.1, 0.15) is 5.01 Å². The van der Waals surface area contributed by atoms with E-state index in [-0.39, 0.29) is 5.71 Å². The van der Waals surface area contributed by atoms with Gasteiger partial charge in [0.2, 0.25) is 5.71 Å². The van der Waals surface area contributed by atoms with Gasteiger partial charge in [-0.05, 0) is 0 Å². The number of oxime groups is 1. The second-order valence-corrected chi connectivity index (χ2v) is 2.66. The first kappa shape index (κ1) is 8.66. The Labute approximate surface area is 72.3 Å². The van der Waals surface area contributed by atoms with Crippen molar-refractivity contribution in [3.8, 4) is 0 Å². The molecular formula is C6H6N2O3S. The number of hydrogen-bond donors (Lipinski definition) is 1. The average molecular weight is 186 g/mol. The summed E-state index contributed by atoms with van der Waals surface area (Å²) >= 11 is 1.20. The predicted octanol–water partition coefficient (Wildman–Crippen LogP) is 0.578. The lowest BCUT2D eigenvalue weighted by molar-refractivity contribution is -0.129. The SMILES string of the molecule is CON=C(C(=O)O)c1nccs1. The van der Waals surface area contributed by atoms with Crippen LogP contribution in [0.4, 0.5) is 0 Å². The first-order chi connectivity index (χ1) is 5.75. The molecule has 1 rings (SSSR count). The van der Waals surface area contributed by atoms with Crippen molar-refractivity contribution >= 4 is 23.0 Å². The van der Waals surface area contributed by atoms with E-state index < -0.39 is 5.97 Å². The zero-order valence-corrected chi connectivity index (χ0v) is 7.04. The highest BCUT2D eigenvalue weighted by atomic mass is 32.1. The van der Waals surface area contributed by atoms with Crippen molar-refractivity contribution < 1.29 is 14.7 Å². The van der Waals surface area contributed by atoms with Gasteiger partial charge in [-0.2, -0.15) is 0 Å². The van der Waals surface area contributed by atoms with Crippen molar-refractivity contribution in [2.45, 2.75) is 0 Å². The monoisotopic (exact) mass is 186 g/mol. The molecule has 0 amide bonds. The predicted molar refractivity (Wildman–Crippen MR) is 43.3 cm³/mol. The molecule has 0 aliphatic carbocycles. The molecule has 1 aromatic heterocycles. The lowest BCUT2D eigenvalue weighted by atomic mass is 10.4. The molecule has 0 spiro atoms. The zero-order chi connectivity index (χ0) is 8.97. The van der Waals surface area contributed by atoms with E-state index in [0.29, 0.717) is 5.01 Å². The van der Waals surface area contributed by atoms with Crippen molar-refractivity contribution in [3.05, 3.63) is 16.6 Å². The molecule has 0 saturated carbocycles. The van der Waals surface area contributed by atoms with Gasteiger partial charge in [-0.3, -0.25) is 0 Å². The summed E-state index contributed by atoms with van der Waals surface area (Å²) in [5.41, 5.74) is -0.174. The molecule has 1 heterocycles. The number of aromatic nitrogens is 1. The Balaban J connectivity index is 2.96. The molecule has 0 radical (unpaired) electrons.